The van der Waals surface area contributed by atoms with E-state index in [1.165, 1.54) is 11.0 Å². The average molecular weight is 330 g/mol. The van der Waals surface area contributed by atoms with E-state index in [1.54, 1.807) is 12.3 Å². The number of nitrogens with zero attached hydrogens (tertiary/aromatic N) is 3. The SMILES string of the molecule is Cc1ccnc(NC(=O)C2CN(C(=O)c3ccc([N+](=O)[O-])o3)C2)c1. The summed E-state index contributed by atoms with van der Waals surface area (Å²) < 4.78 is 4.87. The van der Waals surface area contributed by atoms with Gasteiger partial charge in [-0.25, -0.2) is 4.98 Å². The lowest BCUT2D eigenvalue weighted by molar-refractivity contribution is -0.402. The van der Waals surface area contributed by atoms with Crippen molar-refractivity contribution in [2.75, 3.05) is 18.4 Å². The van der Waals surface area contributed by atoms with Gasteiger partial charge in [-0.3, -0.25) is 19.7 Å². The highest BCUT2D eigenvalue weighted by Crippen LogP contribution is 2.23. The number of nitro groups is 1. The molecule has 0 atom stereocenters. The van der Waals surface area contributed by atoms with Crippen LogP contribution >= 0.6 is 0 Å². The van der Waals surface area contributed by atoms with Gasteiger partial charge in [-0.1, -0.05) is 0 Å². The van der Waals surface area contributed by atoms with Crippen LogP contribution in [0.25, 0.3) is 0 Å². The number of nitrogens with one attached hydrogen (secondary N) is 1. The summed E-state index contributed by atoms with van der Waals surface area (Å²) in [6.07, 6.45) is 1.60. The van der Waals surface area contributed by atoms with E-state index < -0.39 is 16.7 Å². The molecule has 0 unspecified atom stereocenters. The van der Waals surface area contributed by atoms with E-state index in [-0.39, 0.29) is 30.7 Å². The van der Waals surface area contributed by atoms with Crippen molar-refractivity contribution in [2.24, 2.45) is 5.92 Å². The molecule has 1 saturated heterocycles. The first-order valence-corrected chi connectivity index (χ1v) is 7.21. The predicted octanol–water partition coefficient (Wildman–Crippen LogP) is 1.60. The molecule has 24 heavy (non-hydrogen) atoms. The molecule has 0 spiro atoms. The average Bonchev–Trinajstić information content (AvgIpc) is 2.95. The monoisotopic (exact) mass is 330 g/mol. The van der Waals surface area contributed by atoms with Crippen LogP contribution in [0.15, 0.2) is 34.9 Å². The van der Waals surface area contributed by atoms with Gasteiger partial charge in [0.1, 0.15) is 10.7 Å². The molecule has 2 aromatic rings. The lowest BCUT2D eigenvalue weighted by atomic mass is 9.99. The first kappa shape index (κ1) is 15.7. The molecule has 1 fully saturated rings. The summed E-state index contributed by atoms with van der Waals surface area (Å²) in [5.41, 5.74) is 0.977. The fourth-order valence-electron chi connectivity index (χ4n) is 2.34. The molecule has 2 aromatic heterocycles. The number of hydrogen-bond donors (Lipinski definition) is 1. The standard InChI is InChI=1S/C15H14N4O5/c1-9-4-5-16-12(6-9)17-14(20)10-7-18(8-10)15(21)11-2-3-13(24-11)19(22)23/h2-6,10H,7-8H2,1H3,(H,16,17,20). The van der Waals surface area contributed by atoms with Gasteiger partial charge < -0.3 is 14.6 Å². The minimum atomic E-state index is -0.710. The Balaban J connectivity index is 1.55. The van der Waals surface area contributed by atoms with Gasteiger partial charge in [0.25, 0.3) is 5.91 Å². The first-order valence-electron chi connectivity index (χ1n) is 7.21. The highest BCUT2D eigenvalue weighted by molar-refractivity contribution is 5.97. The summed E-state index contributed by atoms with van der Waals surface area (Å²) in [6.45, 7) is 2.35. The maximum Gasteiger partial charge on any atom is 0.433 e. The number of aryl methyl sites for hydroxylation is 1. The van der Waals surface area contributed by atoms with Crippen LogP contribution in [0.4, 0.5) is 11.7 Å². The van der Waals surface area contributed by atoms with Crippen molar-refractivity contribution in [1.29, 1.82) is 0 Å². The molecule has 0 aliphatic carbocycles. The minimum Gasteiger partial charge on any atom is -0.395 e. The summed E-state index contributed by atoms with van der Waals surface area (Å²) in [5.74, 6) is -1.17. The lowest BCUT2D eigenvalue weighted by Crippen LogP contribution is -2.54. The van der Waals surface area contributed by atoms with Crippen LogP contribution in [0.3, 0.4) is 0 Å². The molecule has 0 aromatic carbocycles. The Morgan fingerprint density at radius 2 is 2.12 bits per heavy atom. The number of rotatable bonds is 4. The van der Waals surface area contributed by atoms with Gasteiger partial charge in [-0.15, -0.1) is 0 Å². The van der Waals surface area contributed by atoms with E-state index in [1.807, 2.05) is 13.0 Å². The zero-order valence-electron chi connectivity index (χ0n) is 12.8. The Morgan fingerprint density at radius 1 is 1.38 bits per heavy atom. The molecular weight excluding hydrogens is 316 g/mol. The van der Waals surface area contributed by atoms with Crippen LogP contribution < -0.4 is 5.32 Å². The molecule has 1 aliphatic heterocycles. The number of amides is 2. The molecule has 9 nitrogen and oxygen atoms in total. The van der Waals surface area contributed by atoms with Gasteiger partial charge >= 0.3 is 5.88 Å². The summed E-state index contributed by atoms with van der Waals surface area (Å²) in [7, 11) is 0. The first-order chi connectivity index (χ1) is 11.4. The number of carbonyl (C=O) groups excluding carboxylic acids is 2. The van der Waals surface area contributed by atoms with Crippen molar-refractivity contribution in [2.45, 2.75) is 6.92 Å². The molecule has 3 rings (SSSR count). The predicted molar refractivity (Wildman–Crippen MR) is 82.4 cm³/mol. The van der Waals surface area contributed by atoms with Crippen molar-refractivity contribution in [3.05, 3.63) is 51.9 Å². The fraction of sp³-hybridized carbons (Fsp3) is 0.267. The third-order valence-electron chi connectivity index (χ3n) is 3.69. The molecule has 9 heteroatoms. The molecule has 1 N–H and O–H groups in total. The number of furan rings is 1. The third kappa shape index (κ3) is 3.09. The lowest BCUT2D eigenvalue weighted by Gasteiger charge is -2.37. The molecule has 0 radical (unpaired) electrons. The minimum absolute atomic E-state index is 0.110. The summed E-state index contributed by atoms with van der Waals surface area (Å²) in [4.78, 5) is 39.5. The number of aromatic nitrogens is 1. The summed E-state index contributed by atoms with van der Waals surface area (Å²) in [5, 5.41) is 13.3. The smallest absolute Gasteiger partial charge is 0.395 e. The molecule has 124 valence electrons. The molecular formula is C15H14N4O5. The van der Waals surface area contributed by atoms with Crippen molar-refractivity contribution in [3.8, 4) is 0 Å². The fourth-order valence-corrected chi connectivity index (χ4v) is 2.34. The highest BCUT2D eigenvalue weighted by atomic mass is 16.6. The molecule has 3 heterocycles. The topological polar surface area (TPSA) is 119 Å². The largest absolute Gasteiger partial charge is 0.433 e. The molecule has 1 aliphatic rings. The Kier molecular flexibility index (Phi) is 3.98. The highest BCUT2D eigenvalue weighted by Gasteiger charge is 2.37. The second-order valence-electron chi connectivity index (χ2n) is 5.51. The molecule has 2 amide bonds. The summed E-state index contributed by atoms with van der Waals surface area (Å²) in [6, 6.07) is 5.95. The Bertz CT molecular complexity index is 810. The van der Waals surface area contributed by atoms with Gasteiger partial charge in [0.05, 0.1) is 12.0 Å². The van der Waals surface area contributed by atoms with E-state index in [2.05, 4.69) is 10.3 Å². The normalized spacial score (nSPS) is 14.1. The zero-order valence-corrected chi connectivity index (χ0v) is 12.8. The van der Waals surface area contributed by atoms with Gasteiger partial charge in [0.2, 0.25) is 5.91 Å². The van der Waals surface area contributed by atoms with E-state index in [0.29, 0.717) is 5.82 Å². The second kappa shape index (κ2) is 6.11. The van der Waals surface area contributed by atoms with E-state index in [4.69, 9.17) is 4.42 Å². The molecule has 0 saturated carbocycles. The summed E-state index contributed by atoms with van der Waals surface area (Å²) >= 11 is 0. The van der Waals surface area contributed by atoms with Gasteiger partial charge in [-0.05, 0) is 30.7 Å². The quantitative estimate of drug-likeness (QED) is 0.672. The number of carbonyl (C=O) groups is 2. The van der Waals surface area contributed by atoms with E-state index in [9.17, 15) is 19.7 Å². The number of likely N-dealkylation sites (tertiary alicyclic amines) is 1. The van der Waals surface area contributed by atoms with Crippen molar-refractivity contribution >= 4 is 23.5 Å². The van der Waals surface area contributed by atoms with Gasteiger partial charge in [0.15, 0.2) is 5.76 Å². The van der Waals surface area contributed by atoms with Crippen LogP contribution in [0.2, 0.25) is 0 Å². The Morgan fingerprint density at radius 3 is 2.75 bits per heavy atom. The molecule has 0 bridgehead atoms. The van der Waals surface area contributed by atoms with Crippen molar-refractivity contribution in [1.82, 2.24) is 9.88 Å². The van der Waals surface area contributed by atoms with Crippen LogP contribution in [0.5, 0.6) is 0 Å². The third-order valence-corrected chi connectivity index (χ3v) is 3.69. The van der Waals surface area contributed by atoms with Crippen molar-refractivity contribution in [3.63, 3.8) is 0 Å². The van der Waals surface area contributed by atoms with Crippen LogP contribution in [-0.4, -0.2) is 39.7 Å². The van der Waals surface area contributed by atoms with Crippen molar-refractivity contribution < 1.29 is 18.9 Å². The van der Waals surface area contributed by atoms with Gasteiger partial charge in [0, 0.05) is 19.3 Å². The number of hydrogen-bond acceptors (Lipinski definition) is 6. The number of anilines is 1. The van der Waals surface area contributed by atoms with Gasteiger partial charge in [-0.2, -0.15) is 0 Å². The maximum absolute atomic E-state index is 12.1. The maximum atomic E-state index is 12.1. The van der Waals surface area contributed by atoms with E-state index in [0.717, 1.165) is 11.6 Å². The van der Waals surface area contributed by atoms with Crippen LogP contribution in [-0.2, 0) is 4.79 Å². The zero-order chi connectivity index (χ0) is 17.3. The second-order valence-corrected chi connectivity index (χ2v) is 5.51. The Hall–Kier alpha value is -3.23. The Labute approximate surface area is 136 Å². The van der Waals surface area contributed by atoms with Crippen LogP contribution in [0, 0.1) is 23.0 Å². The van der Waals surface area contributed by atoms with E-state index >= 15 is 0 Å². The van der Waals surface area contributed by atoms with Crippen LogP contribution in [0.1, 0.15) is 16.1 Å². The number of pyridine rings is 1.